The summed E-state index contributed by atoms with van der Waals surface area (Å²) in [6, 6.07) is 9.35. The highest BCUT2D eigenvalue weighted by Gasteiger charge is 2.40. The molecule has 1 aromatic carbocycles. The lowest BCUT2D eigenvalue weighted by atomic mass is 9.97. The Morgan fingerprint density at radius 1 is 1.24 bits per heavy atom. The molecule has 2 saturated heterocycles. The average molecular weight is 545 g/mol. The lowest BCUT2D eigenvalue weighted by molar-refractivity contribution is 0.0979. The predicted molar refractivity (Wildman–Crippen MR) is 149 cm³/mol. The number of benzene rings is 1. The topological polar surface area (TPSA) is 112 Å². The Balaban J connectivity index is 1.73. The van der Waals surface area contributed by atoms with Crippen LogP contribution >= 0.6 is 0 Å². The van der Waals surface area contributed by atoms with Gasteiger partial charge in [0, 0.05) is 30.7 Å². The summed E-state index contributed by atoms with van der Waals surface area (Å²) < 4.78 is 35.0. The average Bonchev–Trinajstić information content (AvgIpc) is 3.38. The zero-order valence-electron chi connectivity index (χ0n) is 23.2. The number of pyridine rings is 1. The maximum Gasteiger partial charge on any atom is 0.304 e. The van der Waals surface area contributed by atoms with Gasteiger partial charge < -0.3 is 14.7 Å². The van der Waals surface area contributed by atoms with Crippen LogP contribution in [0.5, 0.6) is 5.75 Å². The molecular formula is C28H40N4O5S. The second-order valence-corrected chi connectivity index (χ2v) is 13.4. The molecule has 2 N–H and O–H groups in total. The van der Waals surface area contributed by atoms with Crippen LogP contribution in [0.15, 0.2) is 30.3 Å². The first-order valence-electron chi connectivity index (χ1n) is 13.3. The van der Waals surface area contributed by atoms with Crippen LogP contribution < -0.4 is 14.4 Å². The number of nitrogens with zero attached hydrogens (tertiary/aromatic N) is 3. The molecule has 0 saturated carbocycles. The van der Waals surface area contributed by atoms with Crippen molar-refractivity contribution in [2.75, 3.05) is 31.1 Å². The van der Waals surface area contributed by atoms with Gasteiger partial charge in [-0.1, -0.05) is 20.8 Å². The van der Waals surface area contributed by atoms with Gasteiger partial charge in [-0.05, 0) is 81.3 Å². The van der Waals surface area contributed by atoms with E-state index in [-0.39, 0.29) is 24.2 Å². The van der Waals surface area contributed by atoms with Gasteiger partial charge in [0.2, 0.25) is 0 Å². The lowest BCUT2D eigenvalue weighted by Gasteiger charge is -2.34. The number of hydrogen-bond acceptors (Lipinski definition) is 7. The monoisotopic (exact) mass is 544 g/mol. The summed E-state index contributed by atoms with van der Waals surface area (Å²) in [5, 5.41) is 9.78. The van der Waals surface area contributed by atoms with Gasteiger partial charge in [-0.3, -0.25) is 4.79 Å². The van der Waals surface area contributed by atoms with E-state index in [1.807, 2.05) is 25.1 Å². The molecule has 2 aromatic rings. The number of hydrogen-bond donors (Lipinski definition) is 2. The number of β-amino-alcohol motifs (C(OH)–C–C–N with tert-alkyl or cyclic N) is 1. The van der Waals surface area contributed by atoms with Gasteiger partial charge in [0.05, 0.1) is 24.0 Å². The van der Waals surface area contributed by atoms with Crippen LogP contribution in [-0.4, -0.2) is 66.6 Å². The van der Waals surface area contributed by atoms with E-state index in [4.69, 9.17) is 9.72 Å². The number of carbonyl (C=O) groups is 1. The van der Waals surface area contributed by atoms with E-state index in [0.29, 0.717) is 42.9 Å². The van der Waals surface area contributed by atoms with E-state index >= 15 is 0 Å². The number of aromatic nitrogens is 1. The van der Waals surface area contributed by atoms with Crippen LogP contribution in [-0.2, 0) is 10.2 Å². The number of anilines is 1. The van der Waals surface area contributed by atoms with Crippen molar-refractivity contribution in [2.24, 2.45) is 11.8 Å². The minimum absolute atomic E-state index is 0.0299. The number of amides is 1. The Morgan fingerprint density at radius 2 is 1.97 bits per heavy atom. The first-order chi connectivity index (χ1) is 17.7. The number of rotatable bonds is 8. The van der Waals surface area contributed by atoms with Crippen LogP contribution in [0.2, 0.25) is 0 Å². The molecule has 9 nitrogen and oxygen atoms in total. The number of aryl methyl sites for hydroxylation is 1. The van der Waals surface area contributed by atoms with Crippen LogP contribution in [0.3, 0.4) is 0 Å². The van der Waals surface area contributed by atoms with Crippen molar-refractivity contribution in [3.8, 4) is 17.0 Å². The summed E-state index contributed by atoms with van der Waals surface area (Å²) in [7, 11) is -4.10. The second-order valence-electron chi connectivity index (χ2n) is 11.8. The molecule has 4 rings (SSSR count). The molecule has 2 fully saturated rings. The highest BCUT2D eigenvalue weighted by Crippen LogP contribution is 2.38. The van der Waals surface area contributed by atoms with Crippen molar-refractivity contribution in [3.63, 3.8) is 0 Å². The third-order valence-corrected chi connectivity index (χ3v) is 8.52. The van der Waals surface area contributed by atoms with Crippen LogP contribution in [0, 0.1) is 18.8 Å². The van der Waals surface area contributed by atoms with E-state index in [9.17, 15) is 18.3 Å². The SMILES string of the molecule is Cc1cc(OCC(C)C)cc(-c2ccc(C(=O)NS(=O)(=O)N3CCC(O)C3)c(N3C[C@@H](C)CC3(C)C)n2)c1. The van der Waals surface area contributed by atoms with Crippen LogP contribution in [0.25, 0.3) is 11.3 Å². The minimum Gasteiger partial charge on any atom is -0.493 e. The van der Waals surface area contributed by atoms with Crippen molar-refractivity contribution < 1.29 is 23.1 Å². The maximum atomic E-state index is 13.4. The Morgan fingerprint density at radius 3 is 2.58 bits per heavy atom. The largest absolute Gasteiger partial charge is 0.493 e. The summed E-state index contributed by atoms with van der Waals surface area (Å²) in [5.41, 5.74) is 2.50. The fraction of sp³-hybridized carbons (Fsp3) is 0.571. The minimum atomic E-state index is -4.10. The zero-order valence-corrected chi connectivity index (χ0v) is 24.0. The molecule has 2 aliphatic rings. The zero-order chi connectivity index (χ0) is 27.8. The smallest absolute Gasteiger partial charge is 0.304 e. The van der Waals surface area contributed by atoms with E-state index in [1.165, 1.54) is 0 Å². The van der Waals surface area contributed by atoms with Gasteiger partial charge in [0.15, 0.2) is 0 Å². The Labute approximate surface area is 226 Å². The van der Waals surface area contributed by atoms with Crippen molar-refractivity contribution in [2.45, 2.75) is 66.0 Å². The normalized spacial score (nSPS) is 21.7. The van der Waals surface area contributed by atoms with Gasteiger partial charge in [-0.15, -0.1) is 0 Å². The third-order valence-electron chi connectivity index (χ3n) is 7.07. The van der Waals surface area contributed by atoms with Crippen molar-refractivity contribution in [3.05, 3.63) is 41.5 Å². The molecule has 1 amide bonds. The molecule has 1 unspecified atom stereocenters. The number of aliphatic hydroxyl groups is 1. The van der Waals surface area contributed by atoms with E-state index in [1.54, 1.807) is 12.1 Å². The molecule has 208 valence electrons. The molecule has 0 bridgehead atoms. The molecule has 0 spiro atoms. The summed E-state index contributed by atoms with van der Waals surface area (Å²) in [5.74, 6) is 1.25. The predicted octanol–water partition coefficient (Wildman–Crippen LogP) is 3.76. The summed E-state index contributed by atoms with van der Waals surface area (Å²) >= 11 is 0. The summed E-state index contributed by atoms with van der Waals surface area (Å²) in [6.07, 6.45) is 0.533. The fourth-order valence-corrected chi connectivity index (χ4v) is 6.55. The molecule has 10 heteroatoms. The van der Waals surface area contributed by atoms with Gasteiger partial charge in [0.25, 0.3) is 5.91 Å². The fourth-order valence-electron chi connectivity index (χ4n) is 5.36. The highest BCUT2D eigenvalue weighted by atomic mass is 32.2. The van der Waals surface area contributed by atoms with Crippen molar-refractivity contribution in [1.82, 2.24) is 14.0 Å². The highest BCUT2D eigenvalue weighted by molar-refractivity contribution is 7.87. The third kappa shape index (κ3) is 6.30. The molecule has 2 atom stereocenters. The first-order valence-corrected chi connectivity index (χ1v) is 14.7. The number of aliphatic hydroxyl groups excluding tert-OH is 1. The molecule has 0 aliphatic carbocycles. The Bertz CT molecular complexity index is 1290. The molecule has 2 aliphatic heterocycles. The molecule has 1 aromatic heterocycles. The van der Waals surface area contributed by atoms with E-state index in [2.05, 4.69) is 44.2 Å². The molecular weight excluding hydrogens is 504 g/mol. The summed E-state index contributed by atoms with van der Waals surface area (Å²) in [4.78, 5) is 20.5. The maximum absolute atomic E-state index is 13.4. The standard InChI is InChI=1S/C28H40N4O5S/c1-18(2)17-37-23-12-19(3)11-21(13-23)25-8-7-24(26(29-25)32-15-20(4)14-28(32,5)6)27(34)30-38(35,36)31-10-9-22(33)16-31/h7-8,11-13,18,20,22,33H,9-10,14-17H2,1-6H3,(H,30,34)/t20-,22?/m0/s1. The van der Waals surface area contributed by atoms with Gasteiger partial charge in [0.1, 0.15) is 11.6 Å². The van der Waals surface area contributed by atoms with E-state index < -0.39 is 22.2 Å². The number of carbonyl (C=O) groups excluding carboxylic acids is 1. The Hall–Kier alpha value is -2.69. The van der Waals surface area contributed by atoms with Crippen molar-refractivity contribution in [1.29, 1.82) is 0 Å². The number of ether oxygens (including phenoxy) is 1. The Kier molecular flexibility index (Phi) is 8.07. The van der Waals surface area contributed by atoms with Gasteiger partial charge in [-0.2, -0.15) is 12.7 Å². The lowest BCUT2D eigenvalue weighted by Crippen LogP contribution is -2.44. The molecule has 0 radical (unpaired) electrons. The molecule has 38 heavy (non-hydrogen) atoms. The summed E-state index contributed by atoms with van der Waals surface area (Å²) in [6.45, 7) is 14.0. The van der Waals surface area contributed by atoms with Crippen LogP contribution in [0.4, 0.5) is 5.82 Å². The van der Waals surface area contributed by atoms with E-state index in [0.717, 1.165) is 27.6 Å². The van der Waals surface area contributed by atoms with Crippen LogP contribution in [0.1, 0.15) is 63.4 Å². The van der Waals surface area contributed by atoms with Crippen molar-refractivity contribution >= 4 is 21.9 Å². The van der Waals surface area contributed by atoms with Gasteiger partial charge in [-0.25, -0.2) is 9.71 Å². The number of nitrogens with one attached hydrogen (secondary N) is 1. The second kappa shape index (κ2) is 10.8. The molecule has 3 heterocycles. The first kappa shape index (κ1) is 28.3. The quantitative estimate of drug-likeness (QED) is 0.520. The van der Waals surface area contributed by atoms with Gasteiger partial charge >= 0.3 is 10.2 Å².